The van der Waals surface area contributed by atoms with Crippen molar-refractivity contribution in [1.29, 1.82) is 0 Å². The fraction of sp³-hybridized carbons (Fsp3) is 0.455. The smallest absolute Gasteiger partial charge is 0.350 e. The van der Waals surface area contributed by atoms with E-state index in [0.717, 1.165) is 50.5 Å². The minimum atomic E-state index is -0.0535. The van der Waals surface area contributed by atoms with E-state index in [1.165, 1.54) is 5.69 Å². The van der Waals surface area contributed by atoms with Gasteiger partial charge in [-0.15, -0.1) is 5.10 Å². The second kappa shape index (κ2) is 9.01. The molecule has 1 aliphatic heterocycles. The number of anilines is 1. The fourth-order valence-corrected chi connectivity index (χ4v) is 4.36. The van der Waals surface area contributed by atoms with E-state index in [9.17, 15) is 4.79 Å². The van der Waals surface area contributed by atoms with Crippen molar-refractivity contribution in [2.24, 2.45) is 0 Å². The second-order valence-electron chi connectivity index (χ2n) is 7.67. The van der Waals surface area contributed by atoms with E-state index in [-0.39, 0.29) is 5.69 Å². The molecule has 1 unspecified atom stereocenters. The van der Waals surface area contributed by atoms with E-state index in [2.05, 4.69) is 34.0 Å². The predicted molar refractivity (Wildman–Crippen MR) is 118 cm³/mol. The highest BCUT2D eigenvalue weighted by molar-refractivity contribution is 6.30. The van der Waals surface area contributed by atoms with Crippen LogP contribution in [0.25, 0.3) is 5.65 Å². The Balaban J connectivity index is 1.29. The van der Waals surface area contributed by atoms with Crippen LogP contribution >= 0.6 is 11.6 Å². The van der Waals surface area contributed by atoms with Gasteiger partial charge in [-0.3, -0.25) is 9.30 Å². The quantitative estimate of drug-likeness (QED) is 0.556. The molecule has 0 radical (unpaired) electrons. The molecule has 3 heterocycles. The summed E-state index contributed by atoms with van der Waals surface area (Å²) in [5, 5.41) is 5.21. The van der Waals surface area contributed by atoms with Crippen LogP contribution in [0.4, 0.5) is 5.69 Å². The maximum atomic E-state index is 12.4. The Labute approximate surface area is 176 Å². The number of rotatable bonds is 7. The molecule has 0 aliphatic carbocycles. The van der Waals surface area contributed by atoms with Crippen molar-refractivity contribution >= 4 is 22.9 Å². The third kappa shape index (κ3) is 4.49. The van der Waals surface area contributed by atoms with Crippen molar-refractivity contribution in [3.8, 4) is 0 Å². The second-order valence-corrected chi connectivity index (χ2v) is 8.10. The largest absolute Gasteiger partial charge is 0.369 e. The first kappa shape index (κ1) is 20.0. The summed E-state index contributed by atoms with van der Waals surface area (Å²) in [5.41, 5.74) is 1.87. The van der Waals surface area contributed by atoms with Gasteiger partial charge >= 0.3 is 5.69 Å². The molecule has 154 valence electrons. The van der Waals surface area contributed by atoms with Crippen LogP contribution in [-0.4, -0.2) is 51.3 Å². The Morgan fingerprint density at radius 2 is 1.97 bits per heavy atom. The summed E-state index contributed by atoms with van der Waals surface area (Å²) in [4.78, 5) is 17.4. The van der Waals surface area contributed by atoms with Crippen LogP contribution in [0.5, 0.6) is 0 Å². The number of piperazine rings is 1. The number of aryl methyl sites for hydroxylation is 1. The number of benzene rings is 1. The van der Waals surface area contributed by atoms with Gasteiger partial charge in [0.15, 0.2) is 5.65 Å². The monoisotopic (exact) mass is 413 g/mol. The molecule has 4 rings (SSSR count). The van der Waals surface area contributed by atoms with Crippen LogP contribution in [-0.2, 0) is 6.54 Å². The van der Waals surface area contributed by atoms with Crippen molar-refractivity contribution in [1.82, 2.24) is 19.1 Å². The zero-order valence-corrected chi connectivity index (χ0v) is 17.6. The van der Waals surface area contributed by atoms with E-state index in [4.69, 9.17) is 11.6 Å². The lowest BCUT2D eigenvalue weighted by molar-refractivity contribution is 0.168. The van der Waals surface area contributed by atoms with Crippen molar-refractivity contribution in [2.75, 3.05) is 31.1 Å². The molecule has 0 bridgehead atoms. The van der Waals surface area contributed by atoms with Gasteiger partial charge in [0.05, 0.1) is 0 Å². The highest BCUT2D eigenvalue weighted by Gasteiger charge is 2.25. The molecule has 0 spiro atoms. The summed E-state index contributed by atoms with van der Waals surface area (Å²) < 4.78 is 3.19. The van der Waals surface area contributed by atoms with Crippen molar-refractivity contribution < 1.29 is 0 Å². The van der Waals surface area contributed by atoms with Gasteiger partial charge < -0.3 is 4.90 Å². The number of fused-ring (bicyclic) bond motifs is 1. The average Bonchev–Trinajstić information content (AvgIpc) is 3.07. The molecule has 1 atom stereocenters. The molecule has 1 saturated heterocycles. The number of hydrogen-bond acceptors (Lipinski definition) is 4. The molecule has 3 aromatic rings. The van der Waals surface area contributed by atoms with Gasteiger partial charge in [0.1, 0.15) is 0 Å². The van der Waals surface area contributed by atoms with E-state index in [1.807, 2.05) is 30.3 Å². The molecule has 1 fully saturated rings. The number of halogens is 1. The highest BCUT2D eigenvalue weighted by atomic mass is 35.5. The number of nitrogens with zero attached hydrogens (tertiary/aromatic N) is 5. The zero-order valence-electron chi connectivity index (χ0n) is 16.9. The molecule has 29 heavy (non-hydrogen) atoms. The molecule has 6 nitrogen and oxygen atoms in total. The van der Waals surface area contributed by atoms with E-state index < -0.39 is 0 Å². The molecule has 1 aliphatic rings. The summed E-state index contributed by atoms with van der Waals surface area (Å²) >= 11 is 6.17. The molecule has 0 saturated carbocycles. The van der Waals surface area contributed by atoms with Crippen LogP contribution in [0, 0.1) is 0 Å². The topological polar surface area (TPSA) is 45.8 Å². The first-order valence-corrected chi connectivity index (χ1v) is 10.8. The zero-order chi connectivity index (χ0) is 20.2. The van der Waals surface area contributed by atoms with Crippen LogP contribution in [0.2, 0.25) is 5.02 Å². The Morgan fingerprint density at radius 3 is 2.76 bits per heavy atom. The van der Waals surface area contributed by atoms with Gasteiger partial charge in [0.25, 0.3) is 0 Å². The van der Waals surface area contributed by atoms with Crippen molar-refractivity contribution in [3.63, 3.8) is 0 Å². The maximum Gasteiger partial charge on any atom is 0.350 e. The van der Waals surface area contributed by atoms with Gasteiger partial charge in [-0.1, -0.05) is 30.7 Å². The standard InChI is InChI=1S/C22H28ClN5O/c1-2-19-17-26(20-9-7-8-18(23)16-20)15-14-25(19)11-5-6-13-28-22(29)27-12-4-3-10-21(27)24-28/h3-4,7-10,12,16,19H,2,5-6,11,13-15,17H2,1H3. The molecule has 0 N–H and O–H groups in total. The number of hydrogen-bond donors (Lipinski definition) is 0. The average molecular weight is 414 g/mol. The summed E-state index contributed by atoms with van der Waals surface area (Å²) in [6, 6.07) is 14.3. The third-order valence-electron chi connectivity index (χ3n) is 5.80. The lowest BCUT2D eigenvalue weighted by Gasteiger charge is -2.42. The van der Waals surface area contributed by atoms with Crippen LogP contribution in [0.15, 0.2) is 53.5 Å². The molecule has 0 amide bonds. The predicted octanol–water partition coefficient (Wildman–Crippen LogP) is 3.53. The fourth-order valence-electron chi connectivity index (χ4n) is 4.17. The molecule has 7 heteroatoms. The number of pyridine rings is 1. The summed E-state index contributed by atoms with van der Waals surface area (Å²) in [6.45, 7) is 7.09. The lowest BCUT2D eigenvalue weighted by Crippen LogP contribution is -2.53. The van der Waals surface area contributed by atoms with Crippen molar-refractivity contribution in [2.45, 2.75) is 38.8 Å². The summed E-state index contributed by atoms with van der Waals surface area (Å²) in [7, 11) is 0. The van der Waals surface area contributed by atoms with Gasteiger partial charge in [-0.25, -0.2) is 9.48 Å². The van der Waals surface area contributed by atoms with Crippen LogP contribution in [0.1, 0.15) is 26.2 Å². The van der Waals surface area contributed by atoms with Gasteiger partial charge in [0.2, 0.25) is 0 Å². The first-order valence-electron chi connectivity index (χ1n) is 10.4. The Kier molecular flexibility index (Phi) is 6.21. The molecular formula is C22H28ClN5O. The minimum absolute atomic E-state index is 0.0535. The van der Waals surface area contributed by atoms with Crippen LogP contribution < -0.4 is 10.6 Å². The highest BCUT2D eigenvalue weighted by Crippen LogP contribution is 2.23. The molecule has 2 aromatic heterocycles. The van der Waals surface area contributed by atoms with Gasteiger partial charge in [-0.05, 0) is 56.1 Å². The van der Waals surface area contributed by atoms with E-state index >= 15 is 0 Å². The van der Waals surface area contributed by atoms with Gasteiger partial charge in [-0.2, -0.15) is 0 Å². The Hall–Kier alpha value is -2.31. The summed E-state index contributed by atoms with van der Waals surface area (Å²) in [5.74, 6) is 0. The van der Waals surface area contributed by atoms with Gasteiger partial charge in [0, 0.05) is 49.1 Å². The Bertz CT molecular complexity index is 1010. The minimum Gasteiger partial charge on any atom is -0.369 e. The molecular weight excluding hydrogens is 386 g/mol. The van der Waals surface area contributed by atoms with Crippen LogP contribution in [0.3, 0.4) is 0 Å². The third-order valence-corrected chi connectivity index (χ3v) is 6.04. The normalized spacial score (nSPS) is 17.9. The van der Waals surface area contributed by atoms with Crippen molar-refractivity contribution in [3.05, 3.63) is 64.2 Å². The first-order chi connectivity index (χ1) is 14.2. The maximum absolute atomic E-state index is 12.4. The lowest BCUT2D eigenvalue weighted by atomic mass is 10.1. The number of aromatic nitrogens is 3. The van der Waals surface area contributed by atoms with E-state index in [1.54, 1.807) is 15.3 Å². The number of unbranched alkanes of at least 4 members (excludes halogenated alkanes) is 1. The SMILES string of the molecule is CCC1CN(c2cccc(Cl)c2)CCN1CCCCn1nc2ccccn2c1=O. The summed E-state index contributed by atoms with van der Waals surface area (Å²) in [6.07, 6.45) is 4.91. The Morgan fingerprint density at radius 1 is 1.10 bits per heavy atom. The molecule has 1 aromatic carbocycles. The van der Waals surface area contributed by atoms with E-state index in [0.29, 0.717) is 18.2 Å².